The van der Waals surface area contributed by atoms with Crippen LogP contribution < -0.4 is 10.6 Å². The molecule has 1 amide bonds. The standard InChI is InChI=1S/C16H24N2O3/c1-12(19)14(18-15(20)16(2,3)17-4)11-21-10-13-8-6-5-7-9-13/h5-9,14,17H,10-11H2,1-4H3,(H,18,20)/t14-/m1/s1. The molecule has 0 saturated carbocycles. The molecule has 0 spiro atoms. The van der Waals surface area contributed by atoms with E-state index in [1.807, 2.05) is 30.3 Å². The summed E-state index contributed by atoms with van der Waals surface area (Å²) in [6, 6.07) is 9.06. The third-order valence-electron chi connectivity index (χ3n) is 3.38. The van der Waals surface area contributed by atoms with Crippen LogP contribution in [0.15, 0.2) is 30.3 Å². The molecule has 0 aliphatic heterocycles. The van der Waals surface area contributed by atoms with E-state index in [4.69, 9.17) is 4.74 Å². The summed E-state index contributed by atoms with van der Waals surface area (Å²) in [7, 11) is 1.70. The molecule has 21 heavy (non-hydrogen) atoms. The molecule has 0 aliphatic rings. The van der Waals surface area contributed by atoms with E-state index >= 15 is 0 Å². The maximum atomic E-state index is 12.1. The quantitative estimate of drug-likeness (QED) is 0.757. The van der Waals surface area contributed by atoms with Crippen LogP contribution in [-0.2, 0) is 20.9 Å². The maximum absolute atomic E-state index is 12.1. The zero-order valence-corrected chi connectivity index (χ0v) is 13.1. The van der Waals surface area contributed by atoms with Crippen molar-refractivity contribution < 1.29 is 14.3 Å². The van der Waals surface area contributed by atoms with Crippen molar-refractivity contribution in [2.75, 3.05) is 13.7 Å². The molecule has 2 N–H and O–H groups in total. The van der Waals surface area contributed by atoms with Crippen molar-refractivity contribution in [1.82, 2.24) is 10.6 Å². The first-order valence-corrected chi connectivity index (χ1v) is 6.99. The normalized spacial score (nSPS) is 12.8. The number of hydrogen-bond donors (Lipinski definition) is 2. The van der Waals surface area contributed by atoms with Gasteiger partial charge in [0.25, 0.3) is 0 Å². The first kappa shape index (κ1) is 17.3. The van der Waals surface area contributed by atoms with Crippen LogP contribution in [0.25, 0.3) is 0 Å². The van der Waals surface area contributed by atoms with Crippen LogP contribution in [0, 0.1) is 0 Å². The van der Waals surface area contributed by atoms with Gasteiger partial charge in [0.2, 0.25) is 5.91 Å². The van der Waals surface area contributed by atoms with E-state index in [1.54, 1.807) is 20.9 Å². The second kappa shape index (κ2) is 7.90. The first-order valence-electron chi connectivity index (χ1n) is 6.99. The van der Waals surface area contributed by atoms with Crippen LogP contribution in [0.5, 0.6) is 0 Å². The molecule has 5 nitrogen and oxygen atoms in total. The number of carbonyl (C=O) groups is 2. The van der Waals surface area contributed by atoms with Crippen molar-refractivity contribution in [2.45, 2.75) is 39.0 Å². The summed E-state index contributed by atoms with van der Waals surface area (Å²) in [6.07, 6.45) is 0. The van der Waals surface area contributed by atoms with Gasteiger partial charge < -0.3 is 15.4 Å². The van der Waals surface area contributed by atoms with Crippen LogP contribution in [0.1, 0.15) is 26.3 Å². The van der Waals surface area contributed by atoms with Crippen LogP contribution in [0.3, 0.4) is 0 Å². The largest absolute Gasteiger partial charge is 0.374 e. The van der Waals surface area contributed by atoms with Crippen molar-refractivity contribution in [3.63, 3.8) is 0 Å². The summed E-state index contributed by atoms with van der Waals surface area (Å²) >= 11 is 0. The predicted molar refractivity (Wildman–Crippen MR) is 81.8 cm³/mol. The topological polar surface area (TPSA) is 67.4 Å². The van der Waals surface area contributed by atoms with E-state index in [-0.39, 0.29) is 18.3 Å². The SMILES string of the molecule is CNC(C)(C)C(=O)N[C@H](COCc1ccccc1)C(C)=O. The number of carbonyl (C=O) groups excluding carboxylic acids is 2. The van der Waals surface area contributed by atoms with E-state index < -0.39 is 11.6 Å². The fourth-order valence-electron chi connectivity index (χ4n) is 1.58. The molecule has 0 fully saturated rings. The van der Waals surface area contributed by atoms with Crippen molar-refractivity contribution >= 4 is 11.7 Å². The monoisotopic (exact) mass is 292 g/mol. The summed E-state index contributed by atoms with van der Waals surface area (Å²) < 4.78 is 5.53. The number of ether oxygens (including phenoxy) is 1. The third kappa shape index (κ3) is 5.65. The van der Waals surface area contributed by atoms with E-state index in [1.165, 1.54) is 6.92 Å². The van der Waals surface area contributed by atoms with E-state index in [2.05, 4.69) is 10.6 Å². The van der Waals surface area contributed by atoms with Gasteiger partial charge in [0.05, 0.1) is 18.8 Å². The fraction of sp³-hybridized carbons (Fsp3) is 0.500. The van der Waals surface area contributed by atoms with Gasteiger partial charge in [0.1, 0.15) is 6.04 Å². The van der Waals surface area contributed by atoms with Gasteiger partial charge in [-0.1, -0.05) is 30.3 Å². The predicted octanol–water partition coefficient (Wildman–Crippen LogP) is 1.27. The number of benzene rings is 1. The van der Waals surface area contributed by atoms with Gasteiger partial charge in [-0.05, 0) is 33.4 Å². The second-order valence-corrected chi connectivity index (χ2v) is 5.51. The number of hydrogen-bond acceptors (Lipinski definition) is 4. The highest BCUT2D eigenvalue weighted by Gasteiger charge is 2.28. The lowest BCUT2D eigenvalue weighted by atomic mass is 10.0. The lowest BCUT2D eigenvalue weighted by Gasteiger charge is -2.26. The Morgan fingerprint density at radius 1 is 1.24 bits per heavy atom. The molecular formula is C16H24N2O3. The molecule has 0 radical (unpaired) electrons. The van der Waals surface area contributed by atoms with Crippen LogP contribution in [-0.4, -0.2) is 36.9 Å². The minimum atomic E-state index is -0.729. The molecule has 0 aliphatic carbocycles. The van der Waals surface area contributed by atoms with Gasteiger partial charge >= 0.3 is 0 Å². The van der Waals surface area contributed by atoms with Crippen molar-refractivity contribution in [3.05, 3.63) is 35.9 Å². The fourth-order valence-corrected chi connectivity index (χ4v) is 1.58. The highest BCUT2D eigenvalue weighted by Crippen LogP contribution is 2.04. The highest BCUT2D eigenvalue weighted by molar-refractivity contribution is 5.91. The van der Waals surface area contributed by atoms with E-state index in [0.717, 1.165) is 5.56 Å². The van der Waals surface area contributed by atoms with Gasteiger partial charge in [-0.25, -0.2) is 0 Å². The second-order valence-electron chi connectivity index (χ2n) is 5.51. The lowest BCUT2D eigenvalue weighted by Crippen LogP contribution is -2.56. The summed E-state index contributed by atoms with van der Waals surface area (Å²) in [5, 5.41) is 5.62. The molecule has 0 unspecified atom stereocenters. The van der Waals surface area contributed by atoms with Crippen LogP contribution in [0.2, 0.25) is 0 Å². The smallest absolute Gasteiger partial charge is 0.240 e. The number of ketones is 1. The van der Waals surface area contributed by atoms with Crippen molar-refractivity contribution in [3.8, 4) is 0 Å². The van der Waals surface area contributed by atoms with E-state index in [0.29, 0.717) is 6.61 Å². The summed E-state index contributed by atoms with van der Waals surface area (Å²) in [5.41, 5.74) is 0.300. The Balaban J connectivity index is 2.51. The van der Waals surface area contributed by atoms with Crippen LogP contribution >= 0.6 is 0 Å². The summed E-state index contributed by atoms with van der Waals surface area (Å²) in [4.78, 5) is 23.7. The minimum Gasteiger partial charge on any atom is -0.374 e. The zero-order chi connectivity index (χ0) is 15.9. The van der Waals surface area contributed by atoms with Gasteiger partial charge in [-0.15, -0.1) is 0 Å². The van der Waals surface area contributed by atoms with Gasteiger partial charge in [0.15, 0.2) is 5.78 Å². The molecule has 0 bridgehead atoms. The Morgan fingerprint density at radius 3 is 2.38 bits per heavy atom. The zero-order valence-electron chi connectivity index (χ0n) is 13.1. The average Bonchev–Trinajstić information content (AvgIpc) is 2.46. The molecule has 5 heteroatoms. The van der Waals surface area contributed by atoms with Crippen molar-refractivity contribution in [2.24, 2.45) is 0 Å². The minimum absolute atomic E-state index is 0.122. The average molecular weight is 292 g/mol. The molecule has 1 aromatic rings. The van der Waals surface area contributed by atoms with Crippen LogP contribution in [0.4, 0.5) is 0 Å². The molecular weight excluding hydrogens is 268 g/mol. The Kier molecular flexibility index (Phi) is 6.52. The number of rotatable bonds is 8. The highest BCUT2D eigenvalue weighted by atomic mass is 16.5. The summed E-state index contributed by atoms with van der Waals surface area (Å²) in [6.45, 7) is 5.53. The molecule has 1 aromatic carbocycles. The Morgan fingerprint density at radius 2 is 1.86 bits per heavy atom. The van der Waals surface area contributed by atoms with Crippen molar-refractivity contribution in [1.29, 1.82) is 0 Å². The Labute approximate surface area is 126 Å². The molecule has 116 valence electrons. The molecule has 1 atom stereocenters. The molecule has 0 heterocycles. The van der Waals surface area contributed by atoms with Gasteiger partial charge in [-0.2, -0.15) is 0 Å². The number of likely N-dealkylation sites (N-methyl/N-ethyl adjacent to an activating group) is 1. The Hall–Kier alpha value is -1.72. The Bertz CT molecular complexity index is 472. The number of Topliss-reactive ketones (excluding diaryl/α,β-unsaturated/α-hetero) is 1. The molecule has 1 rings (SSSR count). The van der Waals surface area contributed by atoms with Gasteiger partial charge in [0, 0.05) is 0 Å². The maximum Gasteiger partial charge on any atom is 0.240 e. The first-order chi connectivity index (χ1) is 9.86. The van der Waals surface area contributed by atoms with E-state index in [9.17, 15) is 9.59 Å². The number of amides is 1. The summed E-state index contributed by atoms with van der Waals surface area (Å²) in [5.74, 6) is -0.350. The third-order valence-corrected chi connectivity index (χ3v) is 3.38. The molecule has 0 saturated heterocycles. The molecule has 0 aromatic heterocycles. The van der Waals surface area contributed by atoms with Gasteiger partial charge in [-0.3, -0.25) is 9.59 Å². The number of nitrogens with one attached hydrogen (secondary N) is 2. The lowest BCUT2D eigenvalue weighted by molar-refractivity contribution is -0.131.